The van der Waals surface area contributed by atoms with E-state index >= 15 is 0 Å². The second-order valence-electron chi connectivity index (χ2n) is 7.33. The Morgan fingerprint density at radius 2 is 2.03 bits per heavy atom. The number of thiazole rings is 1. The number of rotatable bonds is 5. The summed E-state index contributed by atoms with van der Waals surface area (Å²) in [6.45, 7) is 5.91. The maximum Gasteiger partial charge on any atom is 0.297 e. The van der Waals surface area contributed by atoms with Gasteiger partial charge in [-0.25, -0.2) is 4.98 Å². The summed E-state index contributed by atoms with van der Waals surface area (Å²) in [6, 6.07) is 11.8. The van der Waals surface area contributed by atoms with Crippen LogP contribution in [0.1, 0.15) is 33.4 Å². The predicted molar refractivity (Wildman–Crippen MR) is 128 cm³/mol. The number of nitrogens with zero attached hydrogens (tertiary/aromatic N) is 2. The molecule has 32 heavy (non-hydrogen) atoms. The standard InChI is InChI=1S/C24H17BrN2O4S/c1-3-10-30-16-7-4-14(5-8-16)20-19-21(28)17-11-15(25)6-9-18(17)31-22(19)23(29)27(20)24-26-13(2)12-32-24/h3-9,11-12,20H,1,10H2,2H3. The van der Waals surface area contributed by atoms with Crippen LogP contribution < -0.4 is 15.1 Å². The number of anilines is 1. The lowest BCUT2D eigenvalue weighted by atomic mass is 9.98. The minimum atomic E-state index is -0.656. The van der Waals surface area contributed by atoms with Gasteiger partial charge in [-0.15, -0.1) is 11.3 Å². The summed E-state index contributed by atoms with van der Waals surface area (Å²) >= 11 is 4.77. The Hall–Kier alpha value is -3.23. The van der Waals surface area contributed by atoms with Crippen LogP contribution in [0.4, 0.5) is 5.13 Å². The SMILES string of the molecule is C=CCOc1ccc(C2c3c(oc4ccc(Br)cc4c3=O)C(=O)N2c2nc(C)cs2)cc1. The molecule has 1 aliphatic rings. The smallest absolute Gasteiger partial charge is 0.297 e. The number of carbonyl (C=O) groups excluding carboxylic acids is 1. The highest BCUT2D eigenvalue weighted by Gasteiger charge is 2.44. The molecule has 4 aromatic rings. The molecule has 0 radical (unpaired) electrons. The highest BCUT2D eigenvalue weighted by Crippen LogP contribution is 2.42. The molecule has 1 amide bonds. The fourth-order valence-electron chi connectivity index (χ4n) is 3.81. The average molecular weight is 509 g/mol. The number of halogens is 1. The van der Waals surface area contributed by atoms with Gasteiger partial charge in [-0.05, 0) is 42.8 Å². The van der Waals surface area contributed by atoms with E-state index in [2.05, 4.69) is 27.5 Å². The van der Waals surface area contributed by atoms with Crippen LogP contribution in [-0.4, -0.2) is 17.5 Å². The zero-order valence-electron chi connectivity index (χ0n) is 17.0. The van der Waals surface area contributed by atoms with Crippen molar-refractivity contribution in [3.8, 4) is 5.75 Å². The van der Waals surface area contributed by atoms with Crippen LogP contribution in [0, 0.1) is 6.92 Å². The average Bonchev–Trinajstić information content (AvgIpc) is 3.34. The molecule has 1 aliphatic heterocycles. The highest BCUT2D eigenvalue weighted by atomic mass is 79.9. The summed E-state index contributed by atoms with van der Waals surface area (Å²) in [6.07, 6.45) is 1.67. The van der Waals surface area contributed by atoms with Crippen molar-refractivity contribution in [2.45, 2.75) is 13.0 Å². The molecule has 0 aliphatic carbocycles. The summed E-state index contributed by atoms with van der Waals surface area (Å²) in [5.41, 5.74) is 2.01. The Kier molecular flexibility index (Phi) is 5.19. The molecule has 6 nitrogen and oxygen atoms in total. The second kappa shape index (κ2) is 8.03. The number of benzene rings is 2. The van der Waals surface area contributed by atoms with Gasteiger partial charge in [0.1, 0.15) is 17.9 Å². The van der Waals surface area contributed by atoms with Crippen LogP contribution in [0.3, 0.4) is 0 Å². The van der Waals surface area contributed by atoms with Crippen molar-refractivity contribution >= 4 is 49.3 Å². The van der Waals surface area contributed by atoms with Crippen LogP contribution in [0.15, 0.2) is 74.2 Å². The highest BCUT2D eigenvalue weighted by molar-refractivity contribution is 9.10. The van der Waals surface area contributed by atoms with Crippen LogP contribution in [0.2, 0.25) is 0 Å². The number of aromatic nitrogens is 1. The van der Waals surface area contributed by atoms with Gasteiger partial charge >= 0.3 is 0 Å². The number of carbonyl (C=O) groups is 1. The third-order valence-electron chi connectivity index (χ3n) is 5.21. The molecule has 0 N–H and O–H groups in total. The molecular weight excluding hydrogens is 492 g/mol. The van der Waals surface area contributed by atoms with E-state index in [1.807, 2.05) is 36.6 Å². The molecular formula is C24H17BrN2O4S. The van der Waals surface area contributed by atoms with Crippen LogP contribution >= 0.6 is 27.3 Å². The number of aryl methyl sites for hydroxylation is 1. The number of hydrogen-bond acceptors (Lipinski definition) is 6. The van der Waals surface area contributed by atoms with Crippen molar-refractivity contribution in [3.63, 3.8) is 0 Å². The van der Waals surface area contributed by atoms with E-state index in [-0.39, 0.29) is 17.1 Å². The zero-order chi connectivity index (χ0) is 22.4. The number of amides is 1. The van der Waals surface area contributed by atoms with Gasteiger partial charge in [0.25, 0.3) is 5.91 Å². The first-order valence-corrected chi connectivity index (χ1v) is 11.5. The van der Waals surface area contributed by atoms with Crippen molar-refractivity contribution in [2.75, 3.05) is 11.5 Å². The van der Waals surface area contributed by atoms with E-state index in [0.29, 0.717) is 34.0 Å². The Balaban J connectivity index is 1.72. The van der Waals surface area contributed by atoms with Gasteiger partial charge in [-0.3, -0.25) is 14.5 Å². The van der Waals surface area contributed by atoms with Crippen LogP contribution in [0.5, 0.6) is 5.75 Å². The third-order valence-corrected chi connectivity index (χ3v) is 6.66. The first-order valence-electron chi connectivity index (χ1n) is 9.83. The first kappa shape index (κ1) is 20.7. The van der Waals surface area contributed by atoms with Crippen molar-refractivity contribution in [2.24, 2.45) is 0 Å². The van der Waals surface area contributed by atoms with Crippen molar-refractivity contribution in [3.05, 3.63) is 97.8 Å². The molecule has 1 unspecified atom stereocenters. The van der Waals surface area contributed by atoms with Gasteiger partial charge in [0.2, 0.25) is 5.76 Å². The van der Waals surface area contributed by atoms with Crippen molar-refractivity contribution in [1.82, 2.24) is 4.98 Å². The van der Waals surface area contributed by atoms with E-state index < -0.39 is 6.04 Å². The summed E-state index contributed by atoms with van der Waals surface area (Å²) in [5.74, 6) is 0.340. The molecule has 0 fully saturated rings. The van der Waals surface area contributed by atoms with Gasteiger partial charge in [0.15, 0.2) is 10.6 Å². The first-order chi connectivity index (χ1) is 15.5. The molecule has 1 atom stereocenters. The minimum absolute atomic E-state index is 0.0506. The van der Waals surface area contributed by atoms with Crippen molar-refractivity contribution < 1.29 is 13.9 Å². The van der Waals surface area contributed by atoms with Crippen LogP contribution in [0.25, 0.3) is 11.0 Å². The lowest BCUT2D eigenvalue weighted by Crippen LogP contribution is -2.29. The normalized spacial score (nSPS) is 15.2. The summed E-state index contributed by atoms with van der Waals surface area (Å²) in [7, 11) is 0. The van der Waals surface area contributed by atoms with E-state index in [0.717, 1.165) is 15.7 Å². The summed E-state index contributed by atoms with van der Waals surface area (Å²) in [5, 5.41) is 2.80. The Morgan fingerprint density at radius 1 is 1.25 bits per heavy atom. The Labute approximate surface area is 195 Å². The largest absolute Gasteiger partial charge is 0.490 e. The molecule has 8 heteroatoms. The second-order valence-corrected chi connectivity index (χ2v) is 9.08. The summed E-state index contributed by atoms with van der Waals surface area (Å²) < 4.78 is 12.3. The number of fused-ring (bicyclic) bond motifs is 2. The van der Waals surface area contributed by atoms with Crippen molar-refractivity contribution in [1.29, 1.82) is 0 Å². The molecule has 0 saturated heterocycles. The fraction of sp³-hybridized carbons (Fsp3) is 0.125. The minimum Gasteiger partial charge on any atom is -0.490 e. The molecule has 3 heterocycles. The molecule has 2 aromatic heterocycles. The quantitative estimate of drug-likeness (QED) is 0.326. The molecule has 0 spiro atoms. The van der Waals surface area contributed by atoms with E-state index in [1.165, 1.54) is 11.3 Å². The number of hydrogen-bond donors (Lipinski definition) is 0. The molecule has 5 rings (SSSR count). The monoisotopic (exact) mass is 508 g/mol. The zero-order valence-corrected chi connectivity index (χ0v) is 19.4. The lowest BCUT2D eigenvalue weighted by Gasteiger charge is -2.22. The lowest BCUT2D eigenvalue weighted by molar-refractivity contribution is 0.0971. The number of ether oxygens (including phenoxy) is 1. The van der Waals surface area contributed by atoms with E-state index in [4.69, 9.17) is 9.15 Å². The maximum absolute atomic E-state index is 13.6. The van der Waals surface area contributed by atoms with Gasteiger partial charge in [0, 0.05) is 9.85 Å². The molecule has 0 saturated carbocycles. The molecule has 2 aromatic carbocycles. The predicted octanol–water partition coefficient (Wildman–Crippen LogP) is 5.64. The van der Waals surface area contributed by atoms with Gasteiger partial charge in [-0.1, -0.05) is 40.7 Å². The third kappa shape index (κ3) is 3.36. The van der Waals surface area contributed by atoms with E-state index in [1.54, 1.807) is 29.2 Å². The van der Waals surface area contributed by atoms with Gasteiger partial charge in [-0.2, -0.15) is 0 Å². The fourth-order valence-corrected chi connectivity index (χ4v) is 5.00. The Bertz CT molecular complexity index is 1420. The molecule has 160 valence electrons. The molecule has 0 bridgehead atoms. The van der Waals surface area contributed by atoms with Gasteiger partial charge < -0.3 is 9.15 Å². The van der Waals surface area contributed by atoms with Gasteiger partial charge in [0.05, 0.1) is 22.7 Å². The maximum atomic E-state index is 13.6. The van der Waals surface area contributed by atoms with E-state index in [9.17, 15) is 9.59 Å². The Morgan fingerprint density at radius 3 is 2.72 bits per heavy atom. The topological polar surface area (TPSA) is 72.6 Å². The van der Waals surface area contributed by atoms with Crippen LogP contribution in [-0.2, 0) is 0 Å². The summed E-state index contributed by atoms with van der Waals surface area (Å²) in [4.78, 5) is 33.1.